The summed E-state index contributed by atoms with van der Waals surface area (Å²) in [5.74, 6) is 0.580. The molecule has 1 rings (SSSR count). The SMILES string of the molecule is CCO.COC(C)(C)C.O=CNCCCOc1ccc([N+](=O)[O-])cc1. The number of benzene rings is 1. The van der Waals surface area contributed by atoms with Gasteiger partial charge in [0.25, 0.3) is 5.69 Å². The summed E-state index contributed by atoms with van der Waals surface area (Å²) in [6.45, 7) is 9.00. The number of carbonyl (C=O) groups is 1. The molecule has 0 fully saturated rings. The van der Waals surface area contributed by atoms with Crippen LogP contribution >= 0.6 is 0 Å². The van der Waals surface area contributed by atoms with E-state index in [9.17, 15) is 14.9 Å². The van der Waals surface area contributed by atoms with E-state index in [2.05, 4.69) is 5.32 Å². The van der Waals surface area contributed by atoms with Crippen molar-refractivity contribution >= 4 is 12.1 Å². The van der Waals surface area contributed by atoms with Gasteiger partial charge in [0.1, 0.15) is 5.75 Å². The minimum atomic E-state index is -0.461. The van der Waals surface area contributed by atoms with E-state index in [1.807, 2.05) is 20.8 Å². The van der Waals surface area contributed by atoms with Crippen molar-refractivity contribution in [2.45, 2.75) is 39.7 Å². The Bertz CT molecular complexity index is 457. The first kappa shape index (κ1) is 25.1. The number of non-ortho nitro benzene ring substituents is 1. The molecule has 0 saturated heterocycles. The van der Waals surface area contributed by atoms with Gasteiger partial charge in [-0.25, -0.2) is 0 Å². The smallest absolute Gasteiger partial charge is 0.269 e. The van der Waals surface area contributed by atoms with Gasteiger partial charge in [-0.1, -0.05) is 0 Å². The molecule has 1 amide bonds. The van der Waals surface area contributed by atoms with Crippen molar-refractivity contribution in [2.75, 3.05) is 26.9 Å². The van der Waals surface area contributed by atoms with E-state index in [0.29, 0.717) is 31.7 Å². The van der Waals surface area contributed by atoms with E-state index in [1.54, 1.807) is 26.2 Å². The van der Waals surface area contributed by atoms with Crippen LogP contribution in [0, 0.1) is 10.1 Å². The van der Waals surface area contributed by atoms with Crippen molar-refractivity contribution in [2.24, 2.45) is 0 Å². The minimum absolute atomic E-state index is 0.0370. The zero-order valence-electron chi connectivity index (χ0n) is 15.7. The fourth-order valence-electron chi connectivity index (χ4n) is 1.09. The summed E-state index contributed by atoms with van der Waals surface area (Å²) in [6, 6.07) is 5.87. The predicted octanol–water partition coefficient (Wildman–Crippen LogP) is 2.54. The number of rotatable bonds is 7. The molecule has 0 aliphatic rings. The molecule has 1 aromatic rings. The van der Waals surface area contributed by atoms with Crippen LogP contribution in [0.1, 0.15) is 34.1 Å². The summed E-state index contributed by atoms with van der Waals surface area (Å²) in [6.07, 6.45) is 1.32. The lowest BCUT2D eigenvalue weighted by Gasteiger charge is -2.14. The number of methoxy groups -OCH3 is 1. The molecule has 2 N–H and O–H groups in total. The largest absolute Gasteiger partial charge is 0.494 e. The average Bonchev–Trinajstić information content (AvgIpc) is 2.56. The number of amides is 1. The summed E-state index contributed by atoms with van der Waals surface area (Å²) in [5, 5.41) is 20.4. The van der Waals surface area contributed by atoms with Crippen LogP contribution in [0.25, 0.3) is 0 Å². The predicted molar refractivity (Wildman–Crippen MR) is 96.8 cm³/mol. The van der Waals surface area contributed by atoms with Gasteiger partial charge in [0.15, 0.2) is 0 Å². The van der Waals surface area contributed by atoms with Crippen molar-refractivity contribution < 1.29 is 24.3 Å². The Balaban J connectivity index is 0. The van der Waals surface area contributed by atoms with Gasteiger partial charge in [0.05, 0.1) is 17.1 Å². The van der Waals surface area contributed by atoms with Gasteiger partial charge in [-0.15, -0.1) is 0 Å². The van der Waals surface area contributed by atoms with Crippen molar-refractivity contribution in [1.82, 2.24) is 5.32 Å². The Morgan fingerprint density at radius 3 is 2.12 bits per heavy atom. The van der Waals surface area contributed by atoms with Crippen LogP contribution in [-0.2, 0) is 9.53 Å². The van der Waals surface area contributed by atoms with Crippen LogP contribution in [0.2, 0.25) is 0 Å². The third kappa shape index (κ3) is 18.0. The maximum atomic E-state index is 10.4. The lowest BCUT2D eigenvalue weighted by Crippen LogP contribution is -2.15. The zero-order chi connectivity index (χ0) is 19.7. The second kappa shape index (κ2) is 15.3. The van der Waals surface area contributed by atoms with E-state index >= 15 is 0 Å². The number of nitro groups is 1. The number of hydrogen-bond donors (Lipinski definition) is 2. The van der Waals surface area contributed by atoms with Crippen molar-refractivity contribution in [3.8, 4) is 5.75 Å². The molecule has 0 aliphatic heterocycles. The molecule has 25 heavy (non-hydrogen) atoms. The fraction of sp³-hybridized carbons (Fsp3) is 0.588. The molecular weight excluding hydrogens is 328 g/mol. The summed E-state index contributed by atoms with van der Waals surface area (Å²) in [5.41, 5.74) is 0.0787. The number of ether oxygens (including phenoxy) is 2. The first-order valence-corrected chi connectivity index (χ1v) is 7.92. The Morgan fingerprint density at radius 2 is 1.76 bits per heavy atom. The molecular formula is C17H30N2O6. The molecule has 0 saturated carbocycles. The number of nitro benzene ring substituents is 1. The van der Waals surface area contributed by atoms with E-state index in [4.69, 9.17) is 14.6 Å². The Morgan fingerprint density at radius 1 is 1.28 bits per heavy atom. The van der Waals surface area contributed by atoms with Gasteiger partial charge >= 0.3 is 0 Å². The normalized spacial score (nSPS) is 9.68. The monoisotopic (exact) mass is 358 g/mol. The van der Waals surface area contributed by atoms with Crippen LogP contribution in [0.3, 0.4) is 0 Å². The number of aliphatic hydroxyl groups is 1. The third-order valence-electron chi connectivity index (χ3n) is 2.48. The molecule has 0 aliphatic carbocycles. The van der Waals surface area contributed by atoms with Crippen LogP contribution in [0.5, 0.6) is 5.75 Å². The highest BCUT2D eigenvalue weighted by Crippen LogP contribution is 2.17. The highest BCUT2D eigenvalue weighted by molar-refractivity contribution is 5.45. The van der Waals surface area contributed by atoms with Gasteiger partial charge in [-0.2, -0.15) is 0 Å². The molecule has 1 aromatic carbocycles. The molecule has 8 nitrogen and oxygen atoms in total. The lowest BCUT2D eigenvalue weighted by atomic mass is 10.2. The van der Waals surface area contributed by atoms with E-state index in [0.717, 1.165) is 0 Å². The molecule has 8 heteroatoms. The highest BCUT2D eigenvalue weighted by Gasteiger charge is 2.04. The topological polar surface area (TPSA) is 111 Å². The van der Waals surface area contributed by atoms with Gasteiger partial charge < -0.3 is 19.9 Å². The van der Waals surface area contributed by atoms with E-state index in [-0.39, 0.29) is 17.9 Å². The first-order valence-electron chi connectivity index (χ1n) is 7.92. The fourth-order valence-corrected chi connectivity index (χ4v) is 1.09. The summed E-state index contributed by atoms with van der Waals surface area (Å²) in [7, 11) is 1.71. The molecule has 0 bridgehead atoms. The second-order valence-corrected chi connectivity index (χ2v) is 5.66. The van der Waals surface area contributed by atoms with Gasteiger partial charge in [0, 0.05) is 32.4 Å². The number of aliphatic hydroxyl groups excluding tert-OH is 1. The Labute approximate surface area is 149 Å². The number of nitrogens with one attached hydrogen (secondary N) is 1. The molecule has 0 aromatic heterocycles. The maximum absolute atomic E-state index is 10.4. The highest BCUT2D eigenvalue weighted by atomic mass is 16.6. The first-order chi connectivity index (χ1) is 11.7. The van der Waals surface area contributed by atoms with Crippen molar-refractivity contribution in [3.05, 3.63) is 34.4 Å². The molecule has 0 unspecified atom stereocenters. The van der Waals surface area contributed by atoms with Gasteiger partial charge in [-0.3, -0.25) is 14.9 Å². The van der Waals surface area contributed by atoms with Crippen LogP contribution in [0.15, 0.2) is 24.3 Å². The van der Waals surface area contributed by atoms with E-state index < -0.39 is 4.92 Å². The third-order valence-corrected chi connectivity index (χ3v) is 2.48. The molecule has 0 heterocycles. The summed E-state index contributed by atoms with van der Waals surface area (Å²) < 4.78 is 10.2. The Hall–Kier alpha value is -2.19. The number of hydrogen-bond acceptors (Lipinski definition) is 6. The standard InChI is InChI=1S/C10H12N2O4.C5H12O.C2H6O/c13-8-11-6-1-7-16-10-4-2-9(3-5-10)12(14)15;1-5(2,3)6-4;1-2-3/h2-5,8H,1,6-7H2,(H,11,13);1-4H3;3H,2H2,1H3. The summed E-state index contributed by atoms with van der Waals surface area (Å²) >= 11 is 0. The van der Waals surface area contributed by atoms with Gasteiger partial charge in [0.2, 0.25) is 6.41 Å². The molecule has 0 radical (unpaired) electrons. The molecule has 0 spiro atoms. The van der Waals surface area contributed by atoms with Crippen LogP contribution in [0.4, 0.5) is 5.69 Å². The lowest BCUT2D eigenvalue weighted by molar-refractivity contribution is -0.384. The van der Waals surface area contributed by atoms with Crippen molar-refractivity contribution in [1.29, 1.82) is 0 Å². The Kier molecular flexibility index (Phi) is 15.4. The van der Waals surface area contributed by atoms with Crippen LogP contribution in [-0.4, -0.2) is 48.9 Å². The number of nitrogens with zero attached hydrogens (tertiary/aromatic N) is 1. The molecule has 144 valence electrons. The van der Waals surface area contributed by atoms with E-state index in [1.165, 1.54) is 12.1 Å². The maximum Gasteiger partial charge on any atom is 0.269 e. The number of carbonyl (C=O) groups excluding carboxylic acids is 1. The quantitative estimate of drug-likeness (QED) is 0.335. The zero-order valence-corrected chi connectivity index (χ0v) is 15.7. The van der Waals surface area contributed by atoms with Crippen molar-refractivity contribution in [3.63, 3.8) is 0 Å². The average molecular weight is 358 g/mol. The second-order valence-electron chi connectivity index (χ2n) is 5.66. The van der Waals surface area contributed by atoms with Gasteiger partial charge in [-0.05, 0) is 46.2 Å². The van der Waals surface area contributed by atoms with Crippen LogP contribution < -0.4 is 10.1 Å². The minimum Gasteiger partial charge on any atom is -0.494 e. The summed E-state index contributed by atoms with van der Waals surface area (Å²) in [4.78, 5) is 19.8. The molecule has 0 atom stereocenters.